The molecule has 0 radical (unpaired) electrons. The molecule has 0 spiro atoms. The van der Waals surface area contributed by atoms with Gasteiger partial charge in [-0.1, -0.05) is 17.8 Å². The van der Waals surface area contributed by atoms with Crippen LogP contribution < -0.4 is 5.32 Å². The van der Waals surface area contributed by atoms with Gasteiger partial charge in [0.2, 0.25) is 0 Å². The van der Waals surface area contributed by atoms with E-state index in [-0.39, 0.29) is 0 Å². The highest BCUT2D eigenvalue weighted by Gasteiger charge is 2.20. The van der Waals surface area contributed by atoms with Crippen LogP contribution in [0.1, 0.15) is 24.0 Å². The number of pyridine rings is 1. The number of nitrogens with one attached hydrogen (secondary N) is 1. The lowest BCUT2D eigenvalue weighted by Crippen LogP contribution is -2.15. The molecule has 1 aromatic carbocycles. The van der Waals surface area contributed by atoms with Crippen molar-refractivity contribution in [1.29, 1.82) is 5.26 Å². The third-order valence-electron chi connectivity index (χ3n) is 3.27. The van der Waals surface area contributed by atoms with E-state index in [4.69, 9.17) is 0 Å². The van der Waals surface area contributed by atoms with E-state index in [9.17, 15) is 5.26 Å². The Morgan fingerprint density at radius 3 is 2.95 bits per heavy atom. The first-order valence-electron chi connectivity index (χ1n) is 6.81. The molecule has 0 bridgehead atoms. The fourth-order valence-electron chi connectivity index (χ4n) is 1.96. The standard InChI is InChI=1S/C16H14BrN3S/c17-14-2-1-7-19-16(14)21-15-6-3-11(8-12(15)9-18)10-20-13-4-5-13/h1-3,6-8,13,20H,4-5,10H2. The molecule has 5 heteroatoms. The average molecular weight is 360 g/mol. The monoisotopic (exact) mass is 359 g/mol. The van der Waals surface area contributed by atoms with Gasteiger partial charge in [0, 0.05) is 23.7 Å². The first kappa shape index (κ1) is 14.6. The minimum atomic E-state index is 0.675. The predicted molar refractivity (Wildman–Crippen MR) is 87.1 cm³/mol. The van der Waals surface area contributed by atoms with E-state index in [1.165, 1.54) is 24.6 Å². The second-order valence-electron chi connectivity index (χ2n) is 4.99. The van der Waals surface area contributed by atoms with Crippen LogP contribution in [0.2, 0.25) is 0 Å². The molecule has 0 amide bonds. The zero-order valence-electron chi connectivity index (χ0n) is 11.3. The third kappa shape index (κ3) is 3.85. The van der Waals surface area contributed by atoms with Crippen molar-refractivity contribution in [3.8, 4) is 6.07 Å². The molecule has 3 nitrogen and oxygen atoms in total. The molecule has 2 aromatic rings. The summed E-state index contributed by atoms with van der Waals surface area (Å²) >= 11 is 5.00. The molecule has 1 heterocycles. The normalized spacial score (nSPS) is 13.9. The van der Waals surface area contributed by atoms with Gasteiger partial charge >= 0.3 is 0 Å². The van der Waals surface area contributed by atoms with Gasteiger partial charge in [0.05, 0.1) is 10.0 Å². The van der Waals surface area contributed by atoms with Gasteiger partial charge in [-0.2, -0.15) is 5.26 Å². The van der Waals surface area contributed by atoms with Gasteiger partial charge in [-0.05, 0) is 58.6 Å². The minimum absolute atomic E-state index is 0.675. The van der Waals surface area contributed by atoms with Crippen molar-refractivity contribution in [1.82, 2.24) is 10.3 Å². The van der Waals surface area contributed by atoms with Crippen LogP contribution in [-0.4, -0.2) is 11.0 Å². The van der Waals surface area contributed by atoms with Crippen molar-refractivity contribution in [3.05, 3.63) is 52.1 Å². The maximum absolute atomic E-state index is 9.36. The highest BCUT2D eigenvalue weighted by atomic mass is 79.9. The third-order valence-corrected chi connectivity index (χ3v) is 5.26. The Morgan fingerprint density at radius 2 is 2.24 bits per heavy atom. The lowest BCUT2D eigenvalue weighted by molar-refractivity contribution is 0.687. The van der Waals surface area contributed by atoms with Crippen LogP contribution >= 0.6 is 27.7 Å². The number of hydrogen-bond acceptors (Lipinski definition) is 4. The van der Waals surface area contributed by atoms with Crippen LogP contribution in [0.25, 0.3) is 0 Å². The first-order chi connectivity index (χ1) is 10.3. The van der Waals surface area contributed by atoms with Crippen molar-refractivity contribution in [2.75, 3.05) is 0 Å². The van der Waals surface area contributed by atoms with E-state index in [0.717, 1.165) is 26.5 Å². The Morgan fingerprint density at radius 1 is 1.38 bits per heavy atom. The summed E-state index contributed by atoms with van der Waals surface area (Å²) in [6.45, 7) is 0.831. The fourth-order valence-corrected chi connectivity index (χ4v) is 3.30. The second-order valence-corrected chi connectivity index (χ2v) is 6.87. The Hall–Kier alpha value is -1.35. The van der Waals surface area contributed by atoms with Crippen LogP contribution in [0, 0.1) is 11.3 Å². The summed E-state index contributed by atoms with van der Waals surface area (Å²) < 4.78 is 0.943. The molecular formula is C16H14BrN3S. The lowest BCUT2D eigenvalue weighted by atomic mass is 10.1. The molecule has 106 valence electrons. The SMILES string of the molecule is N#Cc1cc(CNC2CC2)ccc1Sc1ncccc1Br. The molecule has 0 saturated heterocycles. The number of aromatic nitrogens is 1. The number of nitrogens with zero attached hydrogens (tertiary/aromatic N) is 2. The van der Waals surface area contributed by atoms with Gasteiger partial charge in [-0.15, -0.1) is 0 Å². The largest absolute Gasteiger partial charge is 0.310 e. The van der Waals surface area contributed by atoms with Gasteiger partial charge in [-0.3, -0.25) is 0 Å². The molecule has 21 heavy (non-hydrogen) atoms. The molecule has 0 unspecified atom stereocenters. The zero-order chi connectivity index (χ0) is 14.7. The van der Waals surface area contributed by atoms with E-state index in [2.05, 4.69) is 38.4 Å². The molecule has 1 N–H and O–H groups in total. The van der Waals surface area contributed by atoms with Gasteiger partial charge in [0.25, 0.3) is 0 Å². The summed E-state index contributed by atoms with van der Waals surface area (Å²) in [7, 11) is 0. The van der Waals surface area contributed by atoms with Crippen LogP contribution in [0.3, 0.4) is 0 Å². The van der Waals surface area contributed by atoms with Gasteiger partial charge in [-0.25, -0.2) is 4.98 Å². The van der Waals surface area contributed by atoms with Crippen LogP contribution in [0.4, 0.5) is 0 Å². The van der Waals surface area contributed by atoms with E-state index in [0.29, 0.717) is 11.6 Å². The molecule has 1 aliphatic carbocycles. The molecular weight excluding hydrogens is 346 g/mol. The zero-order valence-corrected chi connectivity index (χ0v) is 13.7. The summed E-state index contributed by atoms with van der Waals surface area (Å²) in [6, 6.07) is 12.9. The molecule has 1 aliphatic rings. The van der Waals surface area contributed by atoms with Gasteiger partial charge in [0.1, 0.15) is 11.1 Å². The summed E-state index contributed by atoms with van der Waals surface area (Å²) in [5.41, 5.74) is 1.86. The van der Waals surface area contributed by atoms with Crippen LogP contribution in [0.15, 0.2) is 50.9 Å². The minimum Gasteiger partial charge on any atom is -0.310 e. The van der Waals surface area contributed by atoms with E-state index in [1.54, 1.807) is 6.20 Å². The Kier molecular flexibility index (Phi) is 4.59. The van der Waals surface area contributed by atoms with Crippen molar-refractivity contribution in [2.24, 2.45) is 0 Å². The maximum atomic E-state index is 9.36. The number of nitriles is 1. The van der Waals surface area contributed by atoms with E-state index in [1.807, 2.05) is 24.3 Å². The van der Waals surface area contributed by atoms with Gasteiger partial charge < -0.3 is 5.32 Å². The number of hydrogen-bond donors (Lipinski definition) is 1. The molecule has 3 rings (SSSR count). The smallest absolute Gasteiger partial charge is 0.115 e. The van der Waals surface area contributed by atoms with Crippen LogP contribution in [0.5, 0.6) is 0 Å². The highest BCUT2D eigenvalue weighted by Crippen LogP contribution is 2.33. The fraction of sp³-hybridized carbons (Fsp3) is 0.250. The molecule has 0 aliphatic heterocycles. The first-order valence-corrected chi connectivity index (χ1v) is 8.42. The molecule has 0 atom stereocenters. The molecule has 1 aromatic heterocycles. The number of halogens is 1. The maximum Gasteiger partial charge on any atom is 0.115 e. The lowest BCUT2D eigenvalue weighted by Gasteiger charge is -2.08. The highest BCUT2D eigenvalue weighted by molar-refractivity contribution is 9.10. The summed E-state index contributed by atoms with van der Waals surface area (Å²) in [6.07, 6.45) is 4.30. The Labute approximate surface area is 136 Å². The number of benzene rings is 1. The predicted octanol–water partition coefficient (Wildman–Crippen LogP) is 4.12. The Balaban J connectivity index is 1.78. The van der Waals surface area contributed by atoms with E-state index >= 15 is 0 Å². The average Bonchev–Trinajstić information content (AvgIpc) is 3.32. The molecule has 1 fully saturated rings. The van der Waals surface area contributed by atoms with Crippen molar-refractivity contribution in [2.45, 2.75) is 35.3 Å². The van der Waals surface area contributed by atoms with Crippen LogP contribution in [-0.2, 0) is 6.54 Å². The summed E-state index contributed by atoms with van der Waals surface area (Å²) in [5.74, 6) is 0. The quantitative estimate of drug-likeness (QED) is 0.872. The van der Waals surface area contributed by atoms with Crippen molar-refractivity contribution in [3.63, 3.8) is 0 Å². The molecule has 1 saturated carbocycles. The number of rotatable bonds is 5. The van der Waals surface area contributed by atoms with Crippen molar-refractivity contribution < 1.29 is 0 Å². The van der Waals surface area contributed by atoms with Gasteiger partial charge in [0.15, 0.2) is 0 Å². The topological polar surface area (TPSA) is 48.7 Å². The summed E-state index contributed by atoms with van der Waals surface area (Å²) in [5, 5.41) is 13.7. The van der Waals surface area contributed by atoms with Crippen molar-refractivity contribution >= 4 is 27.7 Å². The second kappa shape index (κ2) is 6.61. The summed E-state index contributed by atoms with van der Waals surface area (Å²) in [4.78, 5) is 5.27. The Bertz CT molecular complexity index is 692. The van der Waals surface area contributed by atoms with E-state index < -0.39 is 0 Å².